The Hall–Kier alpha value is -1.62. The van der Waals surface area contributed by atoms with Gasteiger partial charge in [-0.1, -0.05) is 6.07 Å². The van der Waals surface area contributed by atoms with E-state index in [4.69, 9.17) is 0 Å². The van der Waals surface area contributed by atoms with Crippen molar-refractivity contribution in [2.45, 2.75) is 39.2 Å². The molecule has 2 saturated heterocycles. The van der Waals surface area contributed by atoms with Gasteiger partial charge in [-0.25, -0.2) is 4.98 Å². The minimum atomic E-state index is -0.540. The molecule has 1 amide bonds. The van der Waals surface area contributed by atoms with Crippen molar-refractivity contribution in [2.24, 2.45) is 5.41 Å². The molecule has 22 heavy (non-hydrogen) atoms. The average molecular weight is 303 g/mol. The van der Waals surface area contributed by atoms with Crippen LogP contribution in [0.25, 0.3) is 0 Å². The monoisotopic (exact) mass is 303 g/mol. The van der Waals surface area contributed by atoms with Crippen molar-refractivity contribution in [1.82, 2.24) is 9.88 Å². The van der Waals surface area contributed by atoms with Gasteiger partial charge < -0.3 is 14.9 Å². The summed E-state index contributed by atoms with van der Waals surface area (Å²) in [5.41, 5.74) is 0.886. The van der Waals surface area contributed by atoms with Crippen molar-refractivity contribution in [3.05, 3.63) is 23.9 Å². The number of carbonyl (C=O) groups is 1. The summed E-state index contributed by atoms with van der Waals surface area (Å²) in [7, 11) is 0. The van der Waals surface area contributed by atoms with Crippen LogP contribution in [-0.4, -0.2) is 47.1 Å². The summed E-state index contributed by atoms with van der Waals surface area (Å²) in [4.78, 5) is 20.8. The van der Waals surface area contributed by atoms with E-state index in [-0.39, 0.29) is 5.41 Å². The molecule has 0 radical (unpaired) electrons. The van der Waals surface area contributed by atoms with Crippen LogP contribution in [0, 0.1) is 5.41 Å². The van der Waals surface area contributed by atoms with Crippen molar-refractivity contribution >= 4 is 11.7 Å². The predicted octanol–water partition coefficient (Wildman–Crippen LogP) is 1.97. The first-order chi connectivity index (χ1) is 10.5. The number of hydrogen-bond acceptors (Lipinski definition) is 4. The third-order valence-electron chi connectivity index (χ3n) is 5.12. The van der Waals surface area contributed by atoms with Crippen LogP contribution in [0.5, 0.6) is 0 Å². The van der Waals surface area contributed by atoms with Crippen LogP contribution in [0.3, 0.4) is 0 Å². The van der Waals surface area contributed by atoms with E-state index in [1.165, 1.54) is 0 Å². The Morgan fingerprint density at radius 2 is 2.09 bits per heavy atom. The van der Waals surface area contributed by atoms with Crippen LogP contribution in [0.4, 0.5) is 5.82 Å². The molecule has 5 nitrogen and oxygen atoms in total. The lowest BCUT2D eigenvalue weighted by Crippen LogP contribution is -2.42. The predicted molar refractivity (Wildman–Crippen MR) is 85.6 cm³/mol. The summed E-state index contributed by atoms with van der Waals surface area (Å²) in [6, 6.07) is 5.81. The lowest BCUT2D eigenvalue weighted by atomic mass is 9.77. The van der Waals surface area contributed by atoms with E-state index < -0.39 is 6.10 Å². The molecule has 5 heteroatoms. The topological polar surface area (TPSA) is 56.7 Å². The standard InChI is InChI=1S/C17H25N3O2/c1-3-19-12-17(11-16(19)22)7-9-20(10-8-17)15-6-4-5-14(18-15)13(2)21/h4-6,13,21H,3,7-12H2,1-2H3. The van der Waals surface area contributed by atoms with Crippen molar-refractivity contribution in [2.75, 3.05) is 31.1 Å². The van der Waals surface area contributed by atoms with E-state index >= 15 is 0 Å². The lowest BCUT2D eigenvalue weighted by molar-refractivity contribution is -0.127. The van der Waals surface area contributed by atoms with E-state index in [2.05, 4.69) is 16.8 Å². The second-order valence-electron chi connectivity index (χ2n) is 6.67. The van der Waals surface area contributed by atoms with Crippen LogP contribution in [0.1, 0.15) is 44.9 Å². The maximum atomic E-state index is 12.0. The minimum Gasteiger partial charge on any atom is -0.387 e. The number of carbonyl (C=O) groups excluding carboxylic acids is 1. The summed E-state index contributed by atoms with van der Waals surface area (Å²) in [6.07, 6.45) is 2.24. The smallest absolute Gasteiger partial charge is 0.223 e. The third kappa shape index (κ3) is 2.82. The van der Waals surface area contributed by atoms with E-state index in [0.717, 1.165) is 44.8 Å². The first-order valence-electron chi connectivity index (χ1n) is 8.21. The van der Waals surface area contributed by atoms with Gasteiger partial charge in [0, 0.05) is 38.0 Å². The molecule has 1 unspecified atom stereocenters. The van der Waals surface area contributed by atoms with Gasteiger partial charge in [-0.05, 0) is 38.8 Å². The maximum Gasteiger partial charge on any atom is 0.223 e. The van der Waals surface area contributed by atoms with E-state index in [0.29, 0.717) is 18.0 Å². The van der Waals surface area contributed by atoms with Crippen LogP contribution in [0.2, 0.25) is 0 Å². The summed E-state index contributed by atoms with van der Waals surface area (Å²) >= 11 is 0. The van der Waals surface area contributed by atoms with Gasteiger partial charge in [0.1, 0.15) is 5.82 Å². The number of amides is 1. The maximum absolute atomic E-state index is 12.0. The second-order valence-corrected chi connectivity index (χ2v) is 6.67. The molecule has 3 heterocycles. The first-order valence-corrected chi connectivity index (χ1v) is 8.21. The number of aliphatic hydroxyl groups excluding tert-OH is 1. The van der Waals surface area contributed by atoms with Crippen molar-refractivity contribution < 1.29 is 9.90 Å². The molecule has 120 valence electrons. The first kappa shape index (κ1) is 15.3. The number of piperidine rings is 1. The molecule has 0 aliphatic carbocycles. The Morgan fingerprint density at radius 3 is 2.68 bits per heavy atom. The molecule has 2 fully saturated rings. The van der Waals surface area contributed by atoms with E-state index in [1.54, 1.807) is 6.92 Å². The highest BCUT2D eigenvalue weighted by atomic mass is 16.3. The molecule has 1 atom stereocenters. The van der Waals surface area contributed by atoms with Crippen LogP contribution >= 0.6 is 0 Å². The molecular weight excluding hydrogens is 278 g/mol. The van der Waals surface area contributed by atoms with Crippen molar-refractivity contribution in [3.63, 3.8) is 0 Å². The quantitative estimate of drug-likeness (QED) is 0.927. The summed E-state index contributed by atoms with van der Waals surface area (Å²) in [5, 5.41) is 9.68. The number of nitrogens with zero attached hydrogens (tertiary/aromatic N) is 3. The second kappa shape index (κ2) is 5.88. The highest BCUT2D eigenvalue weighted by Gasteiger charge is 2.44. The Kier molecular flexibility index (Phi) is 4.08. The highest BCUT2D eigenvalue weighted by Crippen LogP contribution is 2.41. The molecule has 0 bridgehead atoms. The fourth-order valence-corrected chi connectivity index (χ4v) is 3.66. The Labute approximate surface area is 131 Å². The van der Waals surface area contributed by atoms with Gasteiger partial charge in [-0.2, -0.15) is 0 Å². The summed E-state index contributed by atoms with van der Waals surface area (Å²) in [6.45, 7) is 7.39. The molecule has 3 rings (SSSR count). The van der Waals surface area contributed by atoms with Gasteiger partial charge in [0.25, 0.3) is 0 Å². The van der Waals surface area contributed by atoms with Gasteiger partial charge in [0.05, 0.1) is 11.8 Å². The fourth-order valence-electron chi connectivity index (χ4n) is 3.66. The third-order valence-corrected chi connectivity index (χ3v) is 5.12. The summed E-state index contributed by atoms with van der Waals surface area (Å²) < 4.78 is 0. The zero-order valence-electron chi connectivity index (χ0n) is 13.5. The van der Waals surface area contributed by atoms with E-state index in [9.17, 15) is 9.90 Å². The molecule has 1 aromatic rings. The van der Waals surface area contributed by atoms with Crippen LogP contribution in [-0.2, 0) is 4.79 Å². The van der Waals surface area contributed by atoms with Crippen LogP contribution < -0.4 is 4.90 Å². The molecule has 2 aliphatic heterocycles. The number of hydrogen-bond donors (Lipinski definition) is 1. The van der Waals surface area contributed by atoms with Crippen LogP contribution in [0.15, 0.2) is 18.2 Å². The minimum absolute atomic E-state index is 0.172. The van der Waals surface area contributed by atoms with Crippen molar-refractivity contribution in [1.29, 1.82) is 0 Å². The zero-order valence-corrected chi connectivity index (χ0v) is 13.5. The van der Waals surface area contributed by atoms with Gasteiger partial charge in [0.15, 0.2) is 0 Å². The molecule has 0 saturated carbocycles. The molecular formula is C17H25N3O2. The number of likely N-dealkylation sites (tertiary alicyclic amines) is 1. The fraction of sp³-hybridized carbons (Fsp3) is 0.647. The normalized spacial score (nSPS) is 22.4. The van der Waals surface area contributed by atoms with E-state index in [1.807, 2.05) is 23.1 Å². The Bertz CT molecular complexity index is 551. The number of anilines is 1. The number of aliphatic hydroxyl groups is 1. The molecule has 1 N–H and O–H groups in total. The zero-order chi connectivity index (χ0) is 15.7. The molecule has 1 aromatic heterocycles. The Balaban J connectivity index is 1.67. The SMILES string of the molecule is CCN1CC2(CCN(c3cccc(C(C)O)n3)CC2)CC1=O. The van der Waals surface area contributed by atoms with Gasteiger partial charge in [-0.15, -0.1) is 0 Å². The number of pyridine rings is 1. The highest BCUT2D eigenvalue weighted by molar-refractivity contribution is 5.79. The van der Waals surface area contributed by atoms with Gasteiger partial charge in [-0.3, -0.25) is 4.79 Å². The van der Waals surface area contributed by atoms with Crippen molar-refractivity contribution in [3.8, 4) is 0 Å². The Morgan fingerprint density at radius 1 is 1.36 bits per heavy atom. The molecule has 1 spiro atoms. The molecule has 0 aromatic carbocycles. The largest absolute Gasteiger partial charge is 0.387 e. The van der Waals surface area contributed by atoms with Gasteiger partial charge in [0.2, 0.25) is 5.91 Å². The van der Waals surface area contributed by atoms with Gasteiger partial charge >= 0.3 is 0 Å². The number of rotatable bonds is 3. The lowest BCUT2D eigenvalue weighted by Gasteiger charge is -2.39. The number of aromatic nitrogens is 1. The molecule has 2 aliphatic rings. The average Bonchev–Trinajstić information content (AvgIpc) is 2.83. The summed E-state index contributed by atoms with van der Waals surface area (Å²) in [5.74, 6) is 1.25.